The van der Waals surface area contributed by atoms with Gasteiger partial charge in [0.25, 0.3) is 0 Å². The largest absolute Gasteiger partial charge is 0.370 e. The van der Waals surface area contributed by atoms with E-state index in [9.17, 15) is 19.2 Å². The Morgan fingerprint density at radius 1 is 0.824 bits per heavy atom. The highest BCUT2D eigenvalue weighted by Gasteiger charge is 2.22. The van der Waals surface area contributed by atoms with E-state index in [1.807, 2.05) is 5.32 Å². The zero-order chi connectivity index (χ0) is 13.6. The van der Waals surface area contributed by atoms with E-state index in [1.165, 1.54) is 0 Å². The summed E-state index contributed by atoms with van der Waals surface area (Å²) in [6, 6.07) is -2.48. The minimum atomic E-state index is -1.24. The van der Waals surface area contributed by atoms with Crippen molar-refractivity contribution < 1.29 is 19.2 Å². The van der Waals surface area contributed by atoms with Crippen LogP contribution in [0.2, 0.25) is 0 Å². The molecule has 9 N–H and O–H groups in total. The topological polar surface area (TPSA) is 184 Å². The van der Waals surface area contributed by atoms with E-state index in [0.29, 0.717) is 0 Å². The third kappa shape index (κ3) is 6.22. The fraction of sp³-hybridized carbons (Fsp3) is 0.500. The molecule has 9 heteroatoms. The van der Waals surface area contributed by atoms with E-state index in [1.54, 1.807) is 0 Å². The molecule has 0 aromatic carbocycles. The van der Waals surface area contributed by atoms with Crippen LogP contribution in [0.5, 0.6) is 0 Å². The van der Waals surface area contributed by atoms with Gasteiger partial charge in [0.2, 0.25) is 23.6 Å². The SMILES string of the molecule is NC(=O)C[C@H](N)C(=O)NC(=O)[C@@H](N)CC(N)=O. The lowest BCUT2D eigenvalue weighted by molar-refractivity contribution is -0.134. The summed E-state index contributed by atoms with van der Waals surface area (Å²) in [4.78, 5) is 43.4. The van der Waals surface area contributed by atoms with Gasteiger partial charge < -0.3 is 22.9 Å². The first kappa shape index (κ1) is 15.0. The first-order chi connectivity index (χ1) is 7.73. The van der Waals surface area contributed by atoms with Gasteiger partial charge in [-0.15, -0.1) is 0 Å². The number of imide groups is 1. The smallest absolute Gasteiger partial charge is 0.244 e. The number of amides is 4. The maximum atomic E-state index is 11.2. The molecule has 0 aliphatic heterocycles. The molecule has 0 spiro atoms. The molecule has 0 saturated carbocycles. The number of primary amides is 2. The van der Waals surface area contributed by atoms with Crippen LogP contribution in [0.4, 0.5) is 0 Å². The molecule has 0 heterocycles. The lowest BCUT2D eigenvalue weighted by Crippen LogP contribution is -2.51. The maximum Gasteiger partial charge on any atom is 0.244 e. The van der Waals surface area contributed by atoms with Gasteiger partial charge >= 0.3 is 0 Å². The van der Waals surface area contributed by atoms with Crippen LogP contribution in [-0.4, -0.2) is 35.7 Å². The summed E-state index contributed by atoms with van der Waals surface area (Å²) < 4.78 is 0. The van der Waals surface area contributed by atoms with E-state index >= 15 is 0 Å². The summed E-state index contributed by atoms with van der Waals surface area (Å²) >= 11 is 0. The van der Waals surface area contributed by atoms with Crippen LogP contribution < -0.4 is 28.3 Å². The Labute approximate surface area is 96.8 Å². The number of rotatable bonds is 6. The molecule has 0 aromatic heterocycles. The molecule has 0 radical (unpaired) electrons. The highest BCUT2D eigenvalue weighted by atomic mass is 16.2. The predicted molar refractivity (Wildman–Crippen MR) is 56.7 cm³/mol. The molecule has 0 aliphatic rings. The van der Waals surface area contributed by atoms with Crippen LogP contribution in [0.3, 0.4) is 0 Å². The van der Waals surface area contributed by atoms with Crippen molar-refractivity contribution in [3.63, 3.8) is 0 Å². The Kier molecular flexibility index (Phi) is 5.78. The Balaban J connectivity index is 4.24. The van der Waals surface area contributed by atoms with Crippen molar-refractivity contribution >= 4 is 23.6 Å². The van der Waals surface area contributed by atoms with Gasteiger partial charge in [0.05, 0.1) is 24.9 Å². The second-order valence-corrected chi connectivity index (χ2v) is 3.41. The first-order valence-corrected chi connectivity index (χ1v) is 4.66. The number of hydrogen-bond donors (Lipinski definition) is 5. The molecular weight excluding hydrogens is 230 g/mol. The fourth-order valence-electron chi connectivity index (χ4n) is 0.926. The van der Waals surface area contributed by atoms with Crippen molar-refractivity contribution in [1.29, 1.82) is 0 Å². The van der Waals surface area contributed by atoms with E-state index in [4.69, 9.17) is 22.9 Å². The number of carbonyl (C=O) groups is 4. The predicted octanol–water partition coefficient (Wildman–Crippen LogP) is -3.97. The number of nitrogens with one attached hydrogen (secondary N) is 1. The van der Waals surface area contributed by atoms with E-state index < -0.39 is 48.6 Å². The Hall–Kier alpha value is -2.00. The Bertz CT molecular complexity index is 311. The van der Waals surface area contributed by atoms with Crippen molar-refractivity contribution in [3.05, 3.63) is 0 Å². The third-order valence-corrected chi connectivity index (χ3v) is 1.76. The van der Waals surface area contributed by atoms with Crippen LogP contribution >= 0.6 is 0 Å². The van der Waals surface area contributed by atoms with Crippen molar-refractivity contribution in [2.45, 2.75) is 24.9 Å². The molecule has 0 saturated heterocycles. The quantitative estimate of drug-likeness (QED) is 0.317. The van der Waals surface area contributed by atoms with Gasteiger partial charge in [-0.3, -0.25) is 24.5 Å². The second kappa shape index (κ2) is 6.55. The van der Waals surface area contributed by atoms with Gasteiger partial charge in [0, 0.05) is 0 Å². The van der Waals surface area contributed by atoms with Gasteiger partial charge in [-0.05, 0) is 0 Å². The lowest BCUT2D eigenvalue weighted by atomic mass is 10.1. The first-order valence-electron chi connectivity index (χ1n) is 4.66. The molecule has 0 aromatic rings. The molecular formula is C8H15N5O4. The van der Waals surface area contributed by atoms with Gasteiger partial charge in [-0.2, -0.15) is 0 Å². The fourth-order valence-corrected chi connectivity index (χ4v) is 0.926. The highest BCUT2D eigenvalue weighted by molar-refractivity contribution is 6.02. The number of carbonyl (C=O) groups excluding carboxylic acids is 4. The average molecular weight is 245 g/mol. The molecule has 0 unspecified atom stereocenters. The molecule has 96 valence electrons. The minimum absolute atomic E-state index is 0.399. The van der Waals surface area contributed by atoms with Crippen molar-refractivity contribution in [1.82, 2.24) is 5.32 Å². The summed E-state index contributed by atoms with van der Waals surface area (Å²) in [5.74, 6) is -3.34. The maximum absolute atomic E-state index is 11.2. The summed E-state index contributed by atoms with van der Waals surface area (Å²) in [5, 5.41) is 1.85. The van der Waals surface area contributed by atoms with Gasteiger partial charge in [-0.1, -0.05) is 0 Å². The molecule has 4 amide bonds. The summed E-state index contributed by atoms with van der Waals surface area (Å²) in [6.45, 7) is 0. The van der Waals surface area contributed by atoms with Crippen LogP contribution in [0.15, 0.2) is 0 Å². The normalized spacial score (nSPS) is 13.5. The van der Waals surface area contributed by atoms with Crippen molar-refractivity contribution in [3.8, 4) is 0 Å². The minimum Gasteiger partial charge on any atom is -0.370 e. The van der Waals surface area contributed by atoms with Gasteiger partial charge in [0.1, 0.15) is 0 Å². The van der Waals surface area contributed by atoms with E-state index in [0.717, 1.165) is 0 Å². The molecule has 2 atom stereocenters. The molecule has 9 nitrogen and oxygen atoms in total. The van der Waals surface area contributed by atoms with Crippen LogP contribution in [0.25, 0.3) is 0 Å². The van der Waals surface area contributed by atoms with Gasteiger partial charge in [0.15, 0.2) is 0 Å². The average Bonchev–Trinajstić information content (AvgIpc) is 2.15. The molecule has 0 fully saturated rings. The standard InChI is InChI=1S/C8H15N5O4/c9-3(1-5(11)14)7(16)13-8(17)4(10)2-6(12)15/h3-4H,1-2,9-10H2,(H2,11,14)(H2,12,15)(H,13,16,17)/t3-,4-/m0/s1. The van der Waals surface area contributed by atoms with E-state index in [-0.39, 0.29) is 0 Å². The van der Waals surface area contributed by atoms with Crippen molar-refractivity contribution in [2.75, 3.05) is 0 Å². The lowest BCUT2D eigenvalue weighted by Gasteiger charge is -2.12. The summed E-state index contributed by atoms with van der Waals surface area (Å²) in [6.07, 6.45) is -0.797. The monoisotopic (exact) mass is 245 g/mol. The molecule has 0 rings (SSSR count). The number of hydrogen-bond acceptors (Lipinski definition) is 6. The zero-order valence-corrected chi connectivity index (χ0v) is 9.01. The molecule has 0 aliphatic carbocycles. The van der Waals surface area contributed by atoms with Crippen LogP contribution in [0, 0.1) is 0 Å². The second-order valence-electron chi connectivity index (χ2n) is 3.41. The van der Waals surface area contributed by atoms with Gasteiger partial charge in [-0.25, -0.2) is 0 Å². The Morgan fingerprint density at radius 3 is 1.35 bits per heavy atom. The van der Waals surface area contributed by atoms with Crippen molar-refractivity contribution in [2.24, 2.45) is 22.9 Å². The Morgan fingerprint density at radius 2 is 1.12 bits per heavy atom. The summed E-state index contributed by atoms with van der Waals surface area (Å²) in [7, 11) is 0. The van der Waals surface area contributed by atoms with Crippen LogP contribution in [-0.2, 0) is 19.2 Å². The highest BCUT2D eigenvalue weighted by Crippen LogP contribution is 1.90. The van der Waals surface area contributed by atoms with Crippen LogP contribution in [0.1, 0.15) is 12.8 Å². The third-order valence-electron chi connectivity index (χ3n) is 1.76. The molecule has 0 bridgehead atoms. The summed E-state index contributed by atoms with van der Waals surface area (Å²) in [5.41, 5.74) is 20.2. The number of nitrogens with two attached hydrogens (primary N) is 4. The molecule has 17 heavy (non-hydrogen) atoms. The van der Waals surface area contributed by atoms with E-state index in [2.05, 4.69) is 0 Å². The zero-order valence-electron chi connectivity index (χ0n) is 9.01.